The van der Waals surface area contributed by atoms with Crippen molar-refractivity contribution in [2.24, 2.45) is 0 Å². The maximum atomic E-state index is 6.21. The Morgan fingerprint density at radius 1 is 0.857 bits per heavy atom. The maximum Gasteiger partial charge on any atom is 0.229 e. The first-order chi connectivity index (χ1) is 13.6. The first-order valence-corrected chi connectivity index (χ1v) is 9.95. The Hall–Kier alpha value is -2.79. The summed E-state index contributed by atoms with van der Waals surface area (Å²) in [4.78, 5) is 11.5. The lowest BCUT2D eigenvalue weighted by molar-refractivity contribution is 0.949. The lowest BCUT2D eigenvalue weighted by Gasteiger charge is -2.18. The summed E-state index contributed by atoms with van der Waals surface area (Å²) in [5, 5.41) is 7.32. The van der Waals surface area contributed by atoms with E-state index in [1.165, 1.54) is 18.5 Å². The van der Waals surface area contributed by atoms with E-state index in [-0.39, 0.29) is 0 Å². The van der Waals surface area contributed by atoms with E-state index in [0.29, 0.717) is 11.0 Å². The van der Waals surface area contributed by atoms with Gasteiger partial charge in [0.2, 0.25) is 5.95 Å². The van der Waals surface area contributed by atoms with Crippen LogP contribution >= 0.6 is 11.6 Å². The molecule has 6 heteroatoms. The van der Waals surface area contributed by atoms with Crippen molar-refractivity contribution >= 4 is 40.4 Å². The fraction of sp³-hybridized carbons (Fsp3) is 0.273. The highest BCUT2D eigenvalue weighted by molar-refractivity contribution is 6.31. The second-order valence-corrected chi connectivity index (χ2v) is 7.58. The molecule has 1 aliphatic heterocycles. The molecule has 1 fully saturated rings. The maximum absolute atomic E-state index is 6.21. The van der Waals surface area contributed by atoms with Crippen molar-refractivity contribution < 1.29 is 0 Å². The van der Waals surface area contributed by atoms with Gasteiger partial charge in [-0.2, -0.15) is 4.98 Å². The lowest BCUT2D eigenvalue weighted by Crippen LogP contribution is -2.17. The molecule has 4 rings (SSSR count). The van der Waals surface area contributed by atoms with E-state index in [4.69, 9.17) is 11.6 Å². The fourth-order valence-corrected chi connectivity index (χ4v) is 3.55. The van der Waals surface area contributed by atoms with Crippen molar-refractivity contribution in [2.45, 2.75) is 26.7 Å². The average molecular weight is 394 g/mol. The molecule has 28 heavy (non-hydrogen) atoms. The van der Waals surface area contributed by atoms with E-state index in [1.807, 2.05) is 38.1 Å². The lowest BCUT2D eigenvalue weighted by atomic mass is 10.2. The number of halogens is 1. The largest absolute Gasteiger partial charge is 0.372 e. The van der Waals surface area contributed by atoms with E-state index >= 15 is 0 Å². The van der Waals surface area contributed by atoms with Gasteiger partial charge in [-0.05, 0) is 68.7 Å². The van der Waals surface area contributed by atoms with Crippen LogP contribution in [-0.4, -0.2) is 23.1 Å². The molecule has 0 spiro atoms. The normalized spacial score (nSPS) is 13.6. The van der Waals surface area contributed by atoms with Crippen LogP contribution in [0.2, 0.25) is 5.02 Å². The topological polar surface area (TPSA) is 53.1 Å². The Labute approximate surface area is 170 Å². The third kappa shape index (κ3) is 4.37. The third-order valence-electron chi connectivity index (χ3n) is 4.89. The summed E-state index contributed by atoms with van der Waals surface area (Å²) in [7, 11) is 0. The van der Waals surface area contributed by atoms with Crippen LogP contribution in [-0.2, 0) is 0 Å². The molecule has 144 valence electrons. The number of rotatable bonds is 5. The van der Waals surface area contributed by atoms with Crippen LogP contribution in [0.4, 0.5) is 28.8 Å². The second-order valence-electron chi connectivity index (χ2n) is 7.17. The van der Waals surface area contributed by atoms with Crippen LogP contribution in [0.1, 0.15) is 24.1 Å². The smallest absolute Gasteiger partial charge is 0.229 e. The van der Waals surface area contributed by atoms with Crippen LogP contribution < -0.4 is 15.5 Å². The average Bonchev–Trinajstić information content (AvgIpc) is 3.20. The second kappa shape index (κ2) is 8.07. The minimum absolute atomic E-state index is 0.538. The van der Waals surface area contributed by atoms with Gasteiger partial charge in [-0.15, -0.1) is 0 Å². The van der Waals surface area contributed by atoms with E-state index < -0.39 is 0 Å². The van der Waals surface area contributed by atoms with Gasteiger partial charge < -0.3 is 15.5 Å². The van der Waals surface area contributed by atoms with Crippen molar-refractivity contribution in [1.82, 2.24) is 9.97 Å². The van der Waals surface area contributed by atoms with Gasteiger partial charge in [0.05, 0.1) is 0 Å². The number of aryl methyl sites for hydroxylation is 2. The van der Waals surface area contributed by atoms with Gasteiger partial charge in [0.15, 0.2) is 0 Å². The van der Waals surface area contributed by atoms with Crippen molar-refractivity contribution in [3.63, 3.8) is 0 Å². The predicted molar refractivity (Wildman–Crippen MR) is 117 cm³/mol. The molecule has 0 atom stereocenters. The SMILES string of the molecule is Cc1cc(Nc2ccc(N3CCCC3)cc2)nc(Nc2ccc(C)c(Cl)c2)n1. The summed E-state index contributed by atoms with van der Waals surface area (Å²) >= 11 is 6.21. The van der Waals surface area contributed by atoms with E-state index in [1.54, 1.807) is 0 Å². The Bertz CT molecular complexity index is 965. The standard InChI is InChI=1S/C22H24ClN5/c1-15-5-6-18(14-20(15)23)26-22-24-16(2)13-21(27-22)25-17-7-9-19(10-8-17)28-11-3-4-12-28/h5-10,13-14H,3-4,11-12H2,1-2H3,(H2,24,25,26,27). The van der Waals surface area contributed by atoms with Crippen LogP contribution in [0.3, 0.4) is 0 Å². The summed E-state index contributed by atoms with van der Waals surface area (Å²) in [6.07, 6.45) is 2.56. The van der Waals surface area contributed by atoms with Gasteiger partial charge in [-0.3, -0.25) is 0 Å². The molecule has 0 amide bonds. The van der Waals surface area contributed by atoms with Crippen molar-refractivity contribution in [2.75, 3.05) is 28.6 Å². The van der Waals surface area contributed by atoms with Gasteiger partial charge in [0, 0.05) is 46.9 Å². The van der Waals surface area contributed by atoms with Crippen LogP contribution in [0, 0.1) is 13.8 Å². The zero-order chi connectivity index (χ0) is 19.5. The number of aromatic nitrogens is 2. The molecule has 0 unspecified atom stereocenters. The summed E-state index contributed by atoms with van der Waals surface area (Å²) in [6, 6.07) is 16.3. The third-order valence-corrected chi connectivity index (χ3v) is 5.30. The number of hydrogen-bond acceptors (Lipinski definition) is 5. The molecule has 2 heterocycles. The van der Waals surface area contributed by atoms with E-state index in [9.17, 15) is 0 Å². The predicted octanol–water partition coefficient (Wildman–Crippen LogP) is 5.83. The molecule has 5 nitrogen and oxygen atoms in total. The molecule has 3 aromatic rings. The molecule has 0 radical (unpaired) electrons. The minimum Gasteiger partial charge on any atom is -0.372 e. The Kier molecular flexibility index (Phi) is 5.35. The summed E-state index contributed by atoms with van der Waals surface area (Å²) < 4.78 is 0. The molecule has 2 N–H and O–H groups in total. The Morgan fingerprint density at radius 3 is 2.29 bits per heavy atom. The van der Waals surface area contributed by atoms with Gasteiger partial charge in [-0.25, -0.2) is 4.98 Å². The Balaban J connectivity index is 1.49. The quantitative estimate of drug-likeness (QED) is 0.570. The monoisotopic (exact) mass is 393 g/mol. The summed E-state index contributed by atoms with van der Waals surface area (Å²) in [5.41, 5.74) is 5.07. The number of hydrogen-bond donors (Lipinski definition) is 2. The number of nitrogens with one attached hydrogen (secondary N) is 2. The summed E-state index contributed by atoms with van der Waals surface area (Å²) in [6.45, 7) is 6.23. The van der Waals surface area contributed by atoms with Gasteiger partial charge >= 0.3 is 0 Å². The Morgan fingerprint density at radius 2 is 1.57 bits per heavy atom. The molecule has 1 aromatic heterocycles. The molecule has 0 bridgehead atoms. The molecular weight excluding hydrogens is 370 g/mol. The molecule has 0 aliphatic carbocycles. The summed E-state index contributed by atoms with van der Waals surface area (Å²) in [5.74, 6) is 1.29. The first kappa shape index (κ1) is 18.6. The molecule has 0 saturated carbocycles. The van der Waals surface area contributed by atoms with E-state index in [0.717, 1.165) is 41.5 Å². The number of nitrogens with zero attached hydrogens (tertiary/aromatic N) is 3. The van der Waals surface area contributed by atoms with Gasteiger partial charge in [0.25, 0.3) is 0 Å². The van der Waals surface area contributed by atoms with Crippen molar-refractivity contribution in [1.29, 1.82) is 0 Å². The van der Waals surface area contributed by atoms with E-state index in [2.05, 4.69) is 49.8 Å². The molecular formula is C22H24ClN5. The fourth-order valence-electron chi connectivity index (χ4n) is 3.37. The molecule has 1 aliphatic rings. The highest BCUT2D eigenvalue weighted by Gasteiger charge is 2.12. The molecule has 2 aromatic carbocycles. The van der Waals surface area contributed by atoms with Crippen LogP contribution in [0.5, 0.6) is 0 Å². The van der Waals surface area contributed by atoms with Gasteiger partial charge in [0.1, 0.15) is 5.82 Å². The van der Waals surface area contributed by atoms with Gasteiger partial charge in [-0.1, -0.05) is 17.7 Å². The van der Waals surface area contributed by atoms with Crippen molar-refractivity contribution in [3.05, 3.63) is 64.8 Å². The zero-order valence-electron chi connectivity index (χ0n) is 16.2. The highest BCUT2D eigenvalue weighted by atomic mass is 35.5. The zero-order valence-corrected chi connectivity index (χ0v) is 16.9. The number of benzene rings is 2. The van der Waals surface area contributed by atoms with Crippen molar-refractivity contribution in [3.8, 4) is 0 Å². The number of anilines is 5. The van der Waals surface area contributed by atoms with Crippen LogP contribution in [0.15, 0.2) is 48.5 Å². The highest BCUT2D eigenvalue weighted by Crippen LogP contribution is 2.25. The minimum atomic E-state index is 0.538. The van der Waals surface area contributed by atoms with Crippen LogP contribution in [0.25, 0.3) is 0 Å². The first-order valence-electron chi connectivity index (χ1n) is 9.58. The molecule has 1 saturated heterocycles.